The topological polar surface area (TPSA) is 29.5 Å². The Bertz CT molecular complexity index is 502. The second kappa shape index (κ2) is 5.92. The van der Waals surface area contributed by atoms with Crippen LogP contribution in [0.15, 0.2) is 24.3 Å². The molecule has 5 heteroatoms. The van der Waals surface area contributed by atoms with Gasteiger partial charge >= 0.3 is 0 Å². The highest BCUT2D eigenvalue weighted by Gasteiger charge is 2.37. The standard InChI is InChI=1S/C14H17NO2S2/c1-9(2)13(16)15-11(8-19-14(15)18)10-6-4-5-7-12(10)17-3/h4-7,9,11H,8H2,1-3H3/t11-/m0/s1. The van der Waals surface area contributed by atoms with Crippen LogP contribution in [0.5, 0.6) is 5.75 Å². The van der Waals surface area contributed by atoms with Crippen LogP contribution in [0.1, 0.15) is 25.5 Å². The molecule has 0 aliphatic carbocycles. The summed E-state index contributed by atoms with van der Waals surface area (Å²) in [4.78, 5) is 14.1. The summed E-state index contributed by atoms with van der Waals surface area (Å²) in [6.45, 7) is 3.79. The van der Waals surface area contributed by atoms with E-state index in [0.717, 1.165) is 17.1 Å². The first kappa shape index (κ1) is 14.3. The lowest BCUT2D eigenvalue weighted by Crippen LogP contribution is -2.36. The maximum Gasteiger partial charge on any atom is 0.231 e. The number of carbonyl (C=O) groups excluding carboxylic acids is 1. The van der Waals surface area contributed by atoms with E-state index >= 15 is 0 Å². The predicted octanol–water partition coefficient (Wildman–Crippen LogP) is 3.25. The molecule has 0 radical (unpaired) electrons. The van der Waals surface area contributed by atoms with Crippen LogP contribution in [0, 0.1) is 5.92 Å². The van der Waals surface area contributed by atoms with Crippen LogP contribution in [0.2, 0.25) is 0 Å². The van der Waals surface area contributed by atoms with E-state index in [1.807, 2.05) is 38.1 Å². The maximum absolute atomic E-state index is 12.3. The summed E-state index contributed by atoms with van der Waals surface area (Å²) >= 11 is 6.87. The first-order chi connectivity index (χ1) is 9.06. The van der Waals surface area contributed by atoms with Crippen molar-refractivity contribution in [1.29, 1.82) is 0 Å². The van der Waals surface area contributed by atoms with Gasteiger partial charge in [0, 0.05) is 17.2 Å². The molecule has 1 aromatic rings. The number of para-hydroxylation sites is 1. The minimum absolute atomic E-state index is 0.0245. The summed E-state index contributed by atoms with van der Waals surface area (Å²) in [5.41, 5.74) is 1.02. The van der Waals surface area contributed by atoms with Crippen molar-refractivity contribution >= 4 is 34.2 Å². The fourth-order valence-corrected chi connectivity index (χ4v) is 3.52. The van der Waals surface area contributed by atoms with Gasteiger partial charge in [-0.15, -0.1) is 0 Å². The highest BCUT2D eigenvalue weighted by Crippen LogP contribution is 2.39. The van der Waals surface area contributed by atoms with Crippen molar-refractivity contribution in [3.8, 4) is 5.75 Å². The SMILES string of the molecule is COc1ccccc1[C@@H]1CSC(=S)N1C(=O)C(C)C. The lowest BCUT2D eigenvalue weighted by molar-refractivity contribution is -0.131. The van der Waals surface area contributed by atoms with E-state index < -0.39 is 0 Å². The van der Waals surface area contributed by atoms with E-state index in [9.17, 15) is 4.79 Å². The van der Waals surface area contributed by atoms with Crippen LogP contribution >= 0.6 is 24.0 Å². The monoisotopic (exact) mass is 295 g/mol. The van der Waals surface area contributed by atoms with Gasteiger partial charge in [0.2, 0.25) is 5.91 Å². The molecule has 0 spiro atoms. The van der Waals surface area contributed by atoms with Gasteiger partial charge in [0.15, 0.2) is 0 Å². The van der Waals surface area contributed by atoms with E-state index in [1.54, 1.807) is 23.8 Å². The highest BCUT2D eigenvalue weighted by molar-refractivity contribution is 8.23. The van der Waals surface area contributed by atoms with Gasteiger partial charge in [-0.25, -0.2) is 0 Å². The minimum Gasteiger partial charge on any atom is -0.496 e. The molecule has 1 aromatic carbocycles. The first-order valence-electron chi connectivity index (χ1n) is 6.19. The van der Waals surface area contributed by atoms with E-state index in [1.165, 1.54) is 0 Å². The molecule has 0 bridgehead atoms. The van der Waals surface area contributed by atoms with Gasteiger partial charge in [-0.05, 0) is 6.07 Å². The number of ether oxygens (including phenoxy) is 1. The van der Waals surface area contributed by atoms with Gasteiger partial charge in [0.1, 0.15) is 10.1 Å². The number of rotatable bonds is 3. The third kappa shape index (κ3) is 2.77. The zero-order valence-electron chi connectivity index (χ0n) is 11.3. The van der Waals surface area contributed by atoms with Gasteiger partial charge in [-0.3, -0.25) is 9.69 Å². The normalized spacial score (nSPS) is 19.1. The fourth-order valence-electron chi connectivity index (χ4n) is 2.11. The van der Waals surface area contributed by atoms with E-state index in [2.05, 4.69) is 0 Å². The number of hydrogen-bond acceptors (Lipinski definition) is 4. The van der Waals surface area contributed by atoms with Gasteiger partial charge in [-0.2, -0.15) is 0 Å². The molecular weight excluding hydrogens is 278 g/mol. The Morgan fingerprint density at radius 2 is 2.16 bits per heavy atom. The third-order valence-electron chi connectivity index (χ3n) is 3.10. The average molecular weight is 295 g/mol. The number of methoxy groups -OCH3 is 1. The average Bonchev–Trinajstić information content (AvgIpc) is 2.79. The number of benzene rings is 1. The summed E-state index contributed by atoms with van der Waals surface area (Å²) < 4.78 is 6.05. The maximum atomic E-state index is 12.3. The Morgan fingerprint density at radius 3 is 2.79 bits per heavy atom. The Hall–Kier alpha value is -1.07. The Morgan fingerprint density at radius 1 is 1.47 bits per heavy atom. The van der Waals surface area contributed by atoms with Gasteiger partial charge in [0.25, 0.3) is 0 Å². The van der Waals surface area contributed by atoms with Crippen molar-refractivity contribution in [2.24, 2.45) is 5.92 Å². The summed E-state index contributed by atoms with van der Waals surface area (Å²) in [5.74, 6) is 1.61. The molecule has 1 heterocycles. The molecule has 19 heavy (non-hydrogen) atoms. The lowest BCUT2D eigenvalue weighted by Gasteiger charge is -2.26. The second-order valence-electron chi connectivity index (χ2n) is 4.70. The summed E-state index contributed by atoms with van der Waals surface area (Å²) in [6.07, 6.45) is 0. The van der Waals surface area contributed by atoms with Gasteiger partial charge < -0.3 is 4.74 Å². The molecule has 0 N–H and O–H groups in total. The van der Waals surface area contributed by atoms with Crippen molar-refractivity contribution < 1.29 is 9.53 Å². The number of amides is 1. The molecular formula is C14H17NO2S2. The molecule has 0 unspecified atom stereocenters. The number of carbonyl (C=O) groups is 1. The number of nitrogens with zero attached hydrogens (tertiary/aromatic N) is 1. The molecule has 1 saturated heterocycles. The molecule has 1 aliphatic rings. The molecule has 0 aromatic heterocycles. The molecule has 102 valence electrons. The molecule has 2 rings (SSSR count). The summed E-state index contributed by atoms with van der Waals surface area (Å²) in [7, 11) is 1.65. The smallest absolute Gasteiger partial charge is 0.231 e. The van der Waals surface area contributed by atoms with Gasteiger partial charge in [-0.1, -0.05) is 56.0 Å². The van der Waals surface area contributed by atoms with Crippen molar-refractivity contribution in [2.45, 2.75) is 19.9 Å². The highest BCUT2D eigenvalue weighted by atomic mass is 32.2. The molecule has 1 amide bonds. The summed E-state index contributed by atoms with van der Waals surface area (Å²) in [6, 6.07) is 7.78. The van der Waals surface area contributed by atoms with Crippen LogP contribution < -0.4 is 4.74 Å². The van der Waals surface area contributed by atoms with E-state index in [-0.39, 0.29) is 17.9 Å². The molecule has 1 fully saturated rings. The Balaban J connectivity index is 2.38. The Labute approximate surface area is 123 Å². The largest absolute Gasteiger partial charge is 0.496 e. The zero-order valence-corrected chi connectivity index (χ0v) is 12.9. The lowest BCUT2D eigenvalue weighted by atomic mass is 10.0. The molecule has 1 aliphatic heterocycles. The predicted molar refractivity (Wildman–Crippen MR) is 82.5 cm³/mol. The van der Waals surface area contributed by atoms with Crippen LogP contribution in [-0.2, 0) is 4.79 Å². The molecule has 3 nitrogen and oxygen atoms in total. The van der Waals surface area contributed by atoms with Crippen LogP contribution in [0.25, 0.3) is 0 Å². The number of hydrogen-bond donors (Lipinski definition) is 0. The van der Waals surface area contributed by atoms with Crippen LogP contribution in [-0.4, -0.2) is 28.0 Å². The van der Waals surface area contributed by atoms with Crippen molar-refractivity contribution in [3.05, 3.63) is 29.8 Å². The number of thiocarbonyl (C=S) groups is 1. The Kier molecular flexibility index (Phi) is 4.47. The zero-order chi connectivity index (χ0) is 14.0. The third-order valence-corrected chi connectivity index (χ3v) is 4.58. The van der Waals surface area contributed by atoms with E-state index in [4.69, 9.17) is 17.0 Å². The van der Waals surface area contributed by atoms with Crippen molar-refractivity contribution in [1.82, 2.24) is 4.90 Å². The first-order valence-corrected chi connectivity index (χ1v) is 7.58. The summed E-state index contributed by atoms with van der Waals surface area (Å²) in [5, 5.41) is 0. The molecule has 1 atom stereocenters. The van der Waals surface area contributed by atoms with Crippen molar-refractivity contribution in [2.75, 3.05) is 12.9 Å². The fraction of sp³-hybridized carbons (Fsp3) is 0.429. The van der Waals surface area contributed by atoms with Crippen molar-refractivity contribution in [3.63, 3.8) is 0 Å². The van der Waals surface area contributed by atoms with Gasteiger partial charge in [0.05, 0.1) is 13.2 Å². The van der Waals surface area contributed by atoms with E-state index in [0.29, 0.717) is 4.32 Å². The second-order valence-corrected chi connectivity index (χ2v) is 6.35. The number of thioether (sulfide) groups is 1. The van der Waals surface area contributed by atoms with Crippen LogP contribution in [0.3, 0.4) is 0 Å². The minimum atomic E-state index is -0.0612. The van der Waals surface area contributed by atoms with Crippen LogP contribution in [0.4, 0.5) is 0 Å². The quantitative estimate of drug-likeness (QED) is 0.801. The molecule has 0 saturated carbocycles.